The minimum absolute atomic E-state index is 0.0171. The second kappa shape index (κ2) is 2.85. The molecule has 0 saturated heterocycles. The van der Waals surface area contributed by atoms with Crippen molar-refractivity contribution in [3.8, 4) is 0 Å². The molecule has 0 aliphatic heterocycles. The van der Waals surface area contributed by atoms with E-state index in [9.17, 15) is 4.79 Å². The maximum Gasteiger partial charge on any atom is 0.265 e. The number of halogens is 1. The standard InChI is InChI=1S/C8H6INOS/c1-4-3-12-7-6(4)5(9)2-10-8(7)11/h2-3H,1H3,(H,10,11). The number of aromatic amines is 1. The molecule has 0 radical (unpaired) electrons. The Morgan fingerprint density at radius 3 is 3.00 bits per heavy atom. The zero-order valence-electron chi connectivity index (χ0n) is 6.35. The molecule has 0 spiro atoms. The van der Waals surface area contributed by atoms with Crippen LogP contribution in [0.1, 0.15) is 5.56 Å². The molecule has 2 nitrogen and oxygen atoms in total. The van der Waals surface area contributed by atoms with Crippen LogP contribution in [-0.4, -0.2) is 4.98 Å². The molecule has 2 heterocycles. The lowest BCUT2D eigenvalue weighted by atomic mass is 10.2. The fourth-order valence-electron chi connectivity index (χ4n) is 1.17. The number of pyridine rings is 1. The Hall–Kier alpha value is -0.360. The Balaban J connectivity index is 3.09. The predicted molar refractivity (Wildman–Crippen MR) is 59.9 cm³/mol. The molecule has 2 aromatic rings. The van der Waals surface area contributed by atoms with Gasteiger partial charge in [0.25, 0.3) is 5.56 Å². The highest BCUT2D eigenvalue weighted by Crippen LogP contribution is 2.25. The van der Waals surface area contributed by atoms with Crippen molar-refractivity contribution in [2.75, 3.05) is 0 Å². The van der Waals surface area contributed by atoms with E-state index in [1.54, 1.807) is 6.20 Å². The van der Waals surface area contributed by atoms with Crippen LogP contribution in [0.25, 0.3) is 10.1 Å². The lowest BCUT2D eigenvalue weighted by Gasteiger charge is -1.93. The lowest BCUT2D eigenvalue weighted by molar-refractivity contribution is 1.27. The van der Waals surface area contributed by atoms with E-state index in [-0.39, 0.29) is 5.56 Å². The van der Waals surface area contributed by atoms with Gasteiger partial charge in [-0.05, 0) is 40.5 Å². The molecule has 0 aliphatic rings. The second-order valence-electron chi connectivity index (χ2n) is 2.59. The average molecular weight is 291 g/mol. The van der Waals surface area contributed by atoms with Gasteiger partial charge in [0.15, 0.2) is 0 Å². The van der Waals surface area contributed by atoms with Gasteiger partial charge in [0.2, 0.25) is 0 Å². The number of fused-ring (bicyclic) bond motifs is 1. The van der Waals surface area contributed by atoms with Crippen molar-refractivity contribution >= 4 is 44.0 Å². The van der Waals surface area contributed by atoms with E-state index < -0.39 is 0 Å². The van der Waals surface area contributed by atoms with Crippen LogP contribution in [0.5, 0.6) is 0 Å². The van der Waals surface area contributed by atoms with Gasteiger partial charge in [-0.1, -0.05) is 0 Å². The summed E-state index contributed by atoms with van der Waals surface area (Å²) in [6.07, 6.45) is 1.75. The summed E-state index contributed by atoms with van der Waals surface area (Å²) >= 11 is 3.74. The number of aromatic nitrogens is 1. The minimum Gasteiger partial charge on any atom is -0.327 e. The first-order valence-electron chi connectivity index (χ1n) is 3.45. The maximum absolute atomic E-state index is 11.3. The summed E-state index contributed by atoms with van der Waals surface area (Å²) in [6.45, 7) is 2.03. The van der Waals surface area contributed by atoms with Crippen molar-refractivity contribution in [2.45, 2.75) is 6.92 Å². The van der Waals surface area contributed by atoms with E-state index in [0.717, 1.165) is 13.7 Å². The van der Waals surface area contributed by atoms with E-state index in [1.165, 1.54) is 16.9 Å². The van der Waals surface area contributed by atoms with Gasteiger partial charge in [-0.3, -0.25) is 4.79 Å². The molecule has 0 atom stereocenters. The van der Waals surface area contributed by atoms with Crippen LogP contribution >= 0.6 is 33.9 Å². The third-order valence-corrected chi connectivity index (χ3v) is 3.70. The Kier molecular flexibility index (Phi) is 1.96. The normalized spacial score (nSPS) is 10.8. The molecule has 2 rings (SSSR count). The zero-order valence-corrected chi connectivity index (χ0v) is 9.32. The molecule has 0 aliphatic carbocycles. The summed E-state index contributed by atoms with van der Waals surface area (Å²) in [5.41, 5.74) is 1.20. The molecule has 2 aromatic heterocycles. The first-order valence-corrected chi connectivity index (χ1v) is 5.41. The van der Waals surface area contributed by atoms with E-state index >= 15 is 0 Å². The highest BCUT2D eigenvalue weighted by atomic mass is 127. The third-order valence-electron chi connectivity index (χ3n) is 1.75. The zero-order chi connectivity index (χ0) is 8.72. The third kappa shape index (κ3) is 1.09. The number of aryl methyl sites for hydroxylation is 1. The molecule has 0 amide bonds. The van der Waals surface area contributed by atoms with Crippen LogP contribution in [0.15, 0.2) is 16.4 Å². The van der Waals surface area contributed by atoms with Gasteiger partial charge in [0.05, 0.1) is 0 Å². The molecule has 0 saturated carbocycles. The molecule has 0 bridgehead atoms. The first kappa shape index (κ1) is 8.25. The van der Waals surface area contributed by atoms with Gasteiger partial charge in [0.1, 0.15) is 4.70 Å². The van der Waals surface area contributed by atoms with Crippen molar-refractivity contribution in [3.63, 3.8) is 0 Å². The topological polar surface area (TPSA) is 32.9 Å². The molecule has 62 valence electrons. The first-order chi connectivity index (χ1) is 5.70. The number of thiophene rings is 1. The monoisotopic (exact) mass is 291 g/mol. The second-order valence-corrected chi connectivity index (χ2v) is 4.63. The molecular formula is C8H6INOS. The number of nitrogens with one attached hydrogen (secondary N) is 1. The van der Waals surface area contributed by atoms with E-state index in [1.807, 2.05) is 12.3 Å². The highest BCUT2D eigenvalue weighted by Gasteiger charge is 2.06. The largest absolute Gasteiger partial charge is 0.327 e. The van der Waals surface area contributed by atoms with Crippen molar-refractivity contribution in [1.29, 1.82) is 0 Å². The molecule has 0 fully saturated rings. The predicted octanol–water partition coefficient (Wildman–Crippen LogP) is 2.50. The molecule has 4 heteroatoms. The van der Waals surface area contributed by atoms with Gasteiger partial charge >= 0.3 is 0 Å². The fourth-order valence-corrected chi connectivity index (χ4v) is 3.18. The Labute approximate surface area is 86.8 Å². The van der Waals surface area contributed by atoms with Gasteiger partial charge in [-0.15, -0.1) is 11.3 Å². The molecule has 1 N–H and O–H groups in total. The summed E-state index contributed by atoms with van der Waals surface area (Å²) < 4.78 is 1.94. The van der Waals surface area contributed by atoms with Gasteiger partial charge < -0.3 is 4.98 Å². The Morgan fingerprint density at radius 1 is 1.58 bits per heavy atom. The average Bonchev–Trinajstić information content (AvgIpc) is 2.42. The fraction of sp³-hybridized carbons (Fsp3) is 0.125. The number of hydrogen-bond donors (Lipinski definition) is 1. The summed E-state index contributed by atoms with van der Waals surface area (Å²) in [6, 6.07) is 0. The van der Waals surface area contributed by atoms with E-state index in [0.29, 0.717) is 0 Å². The van der Waals surface area contributed by atoms with Crippen LogP contribution in [-0.2, 0) is 0 Å². The van der Waals surface area contributed by atoms with Crippen LogP contribution in [0.4, 0.5) is 0 Å². The summed E-state index contributed by atoms with van der Waals surface area (Å²) in [5, 5.41) is 3.12. The summed E-state index contributed by atoms with van der Waals surface area (Å²) in [4.78, 5) is 14.0. The summed E-state index contributed by atoms with van der Waals surface area (Å²) in [7, 11) is 0. The van der Waals surface area contributed by atoms with Gasteiger partial charge in [-0.25, -0.2) is 0 Å². The minimum atomic E-state index is 0.0171. The quantitative estimate of drug-likeness (QED) is 0.743. The SMILES string of the molecule is Cc1csc2c(=O)[nH]cc(I)c12. The van der Waals surface area contributed by atoms with Crippen molar-refractivity contribution in [2.24, 2.45) is 0 Å². The Bertz CT molecular complexity index is 485. The van der Waals surface area contributed by atoms with Crippen LogP contribution in [0.2, 0.25) is 0 Å². The van der Waals surface area contributed by atoms with Crippen LogP contribution in [0.3, 0.4) is 0 Å². The summed E-state index contributed by atoms with van der Waals surface area (Å²) in [5.74, 6) is 0. The van der Waals surface area contributed by atoms with Crippen molar-refractivity contribution in [3.05, 3.63) is 31.1 Å². The lowest BCUT2D eigenvalue weighted by Crippen LogP contribution is -2.03. The van der Waals surface area contributed by atoms with E-state index in [4.69, 9.17) is 0 Å². The maximum atomic E-state index is 11.3. The van der Waals surface area contributed by atoms with E-state index in [2.05, 4.69) is 27.6 Å². The van der Waals surface area contributed by atoms with Gasteiger partial charge in [-0.2, -0.15) is 0 Å². The number of H-pyrrole nitrogens is 1. The van der Waals surface area contributed by atoms with Crippen LogP contribution < -0.4 is 5.56 Å². The van der Waals surface area contributed by atoms with Crippen LogP contribution in [0, 0.1) is 10.5 Å². The Morgan fingerprint density at radius 2 is 2.33 bits per heavy atom. The van der Waals surface area contributed by atoms with Crippen molar-refractivity contribution in [1.82, 2.24) is 4.98 Å². The number of rotatable bonds is 0. The molecular weight excluding hydrogens is 285 g/mol. The van der Waals surface area contributed by atoms with Gasteiger partial charge in [0, 0.05) is 15.2 Å². The molecule has 0 unspecified atom stereocenters. The smallest absolute Gasteiger partial charge is 0.265 e. The van der Waals surface area contributed by atoms with Crippen molar-refractivity contribution < 1.29 is 0 Å². The molecule has 0 aromatic carbocycles. The number of hydrogen-bond acceptors (Lipinski definition) is 2. The highest BCUT2D eigenvalue weighted by molar-refractivity contribution is 14.1. The molecule has 12 heavy (non-hydrogen) atoms.